The fourth-order valence-corrected chi connectivity index (χ4v) is 4.82. The molecule has 2 aromatic carbocycles. The van der Waals surface area contributed by atoms with Gasteiger partial charge in [0.2, 0.25) is 17.7 Å². The monoisotopic (exact) mass is 448 g/mol. The van der Waals surface area contributed by atoms with Gasteiger partial charge in [-0.1, -0.05) is 6.07 Å². The van der Waals surface area contributed by atoms with Crippen LogP contribution in [0.1, 0.15) is 30.4 Å². The summed E-state index contributed by atoms with van der Waals surface area (Å²) in [5.74, 6) is -0.636. The SMILES string of the molecule is O=C(CN1CCOCC1)Nc1ccc(N2C(=O)CC(=O)Nc3c2ccc2c3CCCC2)cc1. The molecule has 1 aliphatic carbocycles. The fraction of sp³-hybridized carbons (Fsp3) is 0.400. The number of benzene rings is 2. The summed E-state index contributed by atoms with van der Waals surface area (Å²) in [6.45, 7) is 3.11. The van der Waals surface area contributed by atoms with Crippen LogP contribution in [0.15, 0.2) is 36.4 Å². The third-order valence-electron chi connectivity index (χ3n) is 6.46. The van der Waals surface area contributed by atoms with E-state index in [0.29, 0.717) is 36.8 Å². The summed E-state index contributed by atoms with van der Waals surface area (Å²) in [4.78, 5) is 41.5. The first kappa shape index (κ1) is 21.6. The molecule has 8 heteroatoms. The molecule has 2 heterocycles. The van der Waals surface area contributed by atoms with Gasteiger partial charge in [0.25, 0.3) is 0 Å². The Morgan fingerprint density at radius 1 is 1.00 bits per heavy atom. The second kappa shape index (κ2) is 9.33. The summed E-state index contributed by atoms with van der Waals surface area (Å²) >= 11 is 0. The minimum Gasteiger partial charge on any atom is -0.379 e. The Labute approximate surface area is 192 Å². The first-order valence-corrected chi connectivity index (χ1v) is 11.6. The molecule has 2 aliphatic heterocycles. The highest BCUT2D eigenvalue weighted by molar-refractivity contribution is 6.17. The predicted octanol–water partition coefficient (Wildman–Crippen LogP) is 2.84. The van der Waals surface area contributed by atoms with Crippen molar-refractivity contribution in [3.8, 4) is 0 Å². The molecule has 0 unspecified atom stereocenters. The highest BCUT2D eigenvalue weighted by Gasteiger charge is 2.30. The lowest BCUT2D eigenvalue weighted by Gasteiger charge is -2.27. The van der Waals surface area contributed by atoms with E-state index in [1.165, 1.54) is 5.56 Å². The minimum atomic E-state index is -0.283. The van der Waals surface area contributed by atoms with Crippen molar-refractivity contribution in [1.82, 2.24) is 4.90 Å². The average Bonchev–Trinajstić information content (AvgIpc) is 2.95. The van der Waals surface area contributed by atoms with Gasteiger partial charge < -0.3 is 15.4 Å². The molecule has 0 bridgehead atoms. The van der Waals surface area contributed by atoms with Gasteiger partial charge in [0.1, 0.15) is 6.42 Å². The Kier molecular flexibility index (Phi) is 6.11. The molecule has 3 amide bonds. The van der Waals surface area contributed by atoms with E-state index in [9.17, 15) is 14.4 Å². The number of carbonyl (C=O) groups excluding carboxylic acids is 3. The molecule has 172 valence electrons. The van der Waals surface area contributed by atoms with E-state index in [0.717, 1.165) is 50.0 Å². The maximum atomic E-state index is 13.0. The Bertz CT molecular complexity index is 1080. The Hall–Kier alpha value is -3.23. The second-order valence-corrected chi connectivity index (χ2v) is 8.74. The van der Waals surface area contributed by atoms with Gasteiger partial charge in [-0.3, -0.25) is 24.2 Å². The van der Waals surface area contributed by atoms with Gasteiger partial charge in [0.05, 0.1) is 31.1 Å². The van der Waals surface area contributed by atoms with Gasteiger partial charge in [-0.2, -0.15) is 0 Å². The minimum absolute atomic E-state index is 0.0812. The van der Waals surface area contributed by atoms with E-state index < -0.39 is 0 Å². The first-order valence-electron chi connectivity index (χ1n) is 11.6. The summed E-state index contributed by atoms with van der Waals surface area (Å²) in [5, 5.41) is 5.90. The highest BCUT2D eigenvalue weighted by atomic mass is 16.5. The summed E-state index contributed by atoms with van der Waals surface area (Å²) in [7, 11) is 0. The standard InChI is InChI=1S/C25H28N4O4/c30-22-15-24(32)29(21-10-5-17-3-1-2-4-20(17)25(21)27-22)19-8-6-18(7-9-19)26-23(31)16-28-11-13-33-14-12-28/h5-10H,1-4,11-16H2,(H,26,31)(H,27,30). The number of anilines is 4. The van der Waals surface area contributed by atoms with Gasteiger partial charge in [-0.05, 0) is 67.1 Å². The number of carbonyl (C=O) groups is 3. The lowest BCUT2D eigenvalue weighted by Crippen LogP contribution is -2.41. The lowest BCUT2D eigenvalue weighted by molar-refractivity contribution is -0.124. The quantitative estimate of drug-likeness (QED) is 0.702. The third-order valence-corrected chi connectivity index (χ3v) is 6.46. The second-order valence-electron chi connectivity index (χ2n) is 8.74. The maximum Gasteiger partial charge on any atom is 0.241 e. The van der Waals surface area contributed by atoms with Gasteiger partial charge >= 0.3 is 0 Å². The van der Waals surface area contributed by atoms with Crippen molar-refractivity contribution >= 4 is 40.5 Å². The van der Waals surface area contributed by atoms with Crippen LogP contribution in [0.3, 0.4) is 0 Å². The van der Waals surface area contributed by atoms with E-state index in [-0.39, 0.29) is 24.1 Å². The zero-order chi connectivity index (χ0) is 22.8. The van der Waals surface area contributed by atoms with Gasteiger partial charge in [0.15, 0.2) is 0 Å². The van der Waals surface area contributed by atoms with Gasteiger partial charge in [-0.15, -0.1) is 0 Å². The molecule has 1 saturated heterocycles. The van der Waals surface area contributed by atoms with Crippen LogP contribution in [0.2, 0.25) is 0 Å². The van der Waals surface area contributed by atoms with E-state index in [1.54, 1.807) is 29.2 Å². The van der Waals surface area contributed by atoms with Crippen LogP contribution in [-0.2, 0) is 32.0 Å². The molecule has 2 N–H and O–H groups in total. The molecule has 0 atom stereocenters. The zero-order valence-corrected chi connectivity index (χ0v) is 18.6. The zero-order valence-electron chi connectivity index (χ0n) is 18.6. The number of hydrogen-bond donors (Lipinski definition) is 2. The number of aryl methyl sites for hydroxylation is 1. The van der Waals surface area contributed by atoms with Crippen LogP contribution >= 0.6 is 0 Å². The number of morpholine rings is 1. The molecule has 0 spiro atoms. The highest BCUT2D eigenvalue weighted by Crippen LogP contribution is 2.41. The molecule has 0 saturated carbocycles. The molecule has 0 radical (unpaired) electrons. The van der Waals surface area contributed by atoms with E-state index in [4.69, 9.17) is 4.74 Å². The molecular formula is C25H28N4O4. The van der Waals surface area contributed by atoms with Crippen molar-refractivity contribution in [3.63, 3.8) is 0 Å². The molecule has 2 aromatic rings. The largest absolute Gasteiger partial charge is 0.379 e. The van der Waals surface area contributed by atoms with Crippen molar-refractivity contribution < 1.29 is 19.1 Å². The maximum absolute atomic E-state index is 13.0. The molecule has 5 rings (SSSR count). The number of amides is 3. The van der Waals surface area contributed by atoms with Crippen molar-refractivity contribution in [1.29, 1.82) is 0 Å². The fourth-order valence-electron chi connectivity index (χ4n) is 4.82. The van der Waals surface area contributed by atoms with E-state index in [2.05, 4.69) is 21.6 Å². The number of hydrogen-bond acceptors (Lipinski definition) is 5. The van der Waals surface area contributed by atoms with Crippen LogP contribution in [0.25, 0.3) is 0 Å². The average molecular weight is 449 g/mol. The summed E-state index contributed by atoms with van der Waals surface area (Å²) in [6.07, 6.45) is 3.90. The number of nitrogens with zero attached hydrogens (tertiary/aromatic N) is 2. The number of rotatable bonds is 4. The molecule has 3 aliphatic rings. The molecule has 33 heavy (non-hydrogen) atoms. The van der Waals surface area contributed by atoms with Crippen molar-refractivity contribution in [2.24, 2.45) is 0 Å². The number of fused-ring (bicyclic) bond motifs is 3. The predicted molar refractivity (Wildman–Crippen MR) is 126 cm³/mol. The molecule has 1 fully saturated rings. The normalized spacial score (nSPS) is 18.7. The molecule has 0 aromatic heterocycles. The van der Waals surface area contributed by atoms with Crippen molar-refractivity contribution in [3.05, 3.63) is 47.5 Å². The van der Waals surface area contributed by atoms with Crippen molar-refractivity contribution in [2.75, 3.05) is 48.4 Å². The Morgan fingerprint density at radius 2 is 1.76 bits per heavy atom. The van der Waals surface area contributed by atoms with Crippen LogP contribution in [-0.4, -0.2) is 55.5 Å². The Morgan fingerprint density at radius 3 is 2.55 bits per heavy atom. The van der Waals surface area contributed by atoms with Crippen LogP contribution < -0.4 is 15.5 Å². The Balaban J connectivity index is 1.38. The first-order chi connectivity index (χ1) is 16.1. The van der Waals surface area contributed by atoms with Crippen LogP contribution in [0.4, 0.5) is 22.7 Å². The number of ether oxygens (including phenoxy) is 1. The summed E-state index contributed by atoms with van der Waals surface area (Å²) in [5.41, 5.74) is 5.17. The van der Waals surface area contributed by atoms with Crippen LogP contribution in [0, 0.1) is 0 Å². The van der Waals surface area contributed by atoms with Gasteiger partial charge in [-0.25, -0.2) is 0 Å². The summed E-state index contributed by atoms with van der Waals surface area (Å²) < 4.78 is 5.32. The van der Waals surface area contributed by atoms with Crippen molar-refractivity contribution in [2.45, 2.75) is 32.1 Å². The topological polar surface area (TPSA) is 91.0 Å². The van der Waals surface area contributed by atoms with Crippen LogP contribution in [0.5, 0.6) is 0 Å². The molecule has 8 nitrogen and oxygen atoms in total. The third kappa shape index (κ3) is 4.62. The number of nitrogens with one attached hydrogen (secondary N) is 2. The van der Waals surface area contributed by atoms with E-state index in [1.807, 2.05) is 6.07 Å². The smallest absolute Gasteiger partial charge is 0.241 e. The van der Waals surface area contributed by atoms with E-state index >= 15 is 0 Å². The summed E-state index contributed by atoms with van der Waals surface area (Å²) in [6, 6.07) is 11.2. The van der Waals surface area contributed by atoms with Gasteiger partial charge in [0, 0.05) is 24.5 Å². The molecular weight excluding hydrogens is 420 g/mol. The lowest BCUT2D eigenvalue weighted by atomic mass is 9.89.